The summed E-state index contributed by atoms with van der Waals surface area (Å²) >= 11 is 1.47. The van der Waals surface area contributed by atoms with Gasteiger partial charge in [-0.25, -0.2) is 10.8 Å². The highest BCUT2D eigenvalue weighted by atomic mass is 32.2. The van der Waals surface area contributed by atoms with Crippen molar-refractivity contribution in [2.24, 2.45) is 5.84 Å². The van der Waals surface area contributed by atoms with E-state index in [4.69, 9.17) is 10.6 Å². The Morgan fingerprint density at radius 2 is 2.33 bits per heavy atom. The fraction of sp³-hybridized carbons (Fsp3) is 0.333. The third-order valence-electron chi connectivity index (χ3n) is 1.99. The molecule has 0 aliphatic rings. The molecule has 0 radical (unpaired) electrons. The lowest BCUT2D eigenvalue weighted by molar-refractivity contribution is 0.218. The lowest BCUT2D eigenvalue weighted by Gasteiger charge is -2.06. The molecular formula is C9H13N7OS. The smallest absolute Gasteiger partial charge is 0.242 e. The molecule has 96 valence electrons. The Kier molecular flexibility index (Phi) is 4.45. The van der Waals surface area contributed by atoms with Crippen LogP contribution in [0.3, 0.4) is 0 Å². The standard InChI is InChI=1S/C9H13N7OS/c1-17-4-5-18-9-13-7(15-10)12-8(14-9)16-3-2-11-6-16/h2-3,6H,4-5,10H2,1H3,(H,12,13,14,15). The van der Waals surface area contributed by atoms with Crippen molar-refractivity contribution < 1.29 is 4.74 Å². The fourth-order valence-electron chi connectivity index (χ4n) is 1.18. The van der Waals surface area contributed by atoms with Crippen LogP contribution in [0.4, 0.5) is 5.95 Å². The van der Waals surface area contributed by atoms with Gasteiger partial charge in [0.25, 0.3) is 0 Å². The molecule has 0 saturated carbocycles. The van der Waals surface area contributed by atoms with Crippen molar-refractivity contribution in [1.82, 2.24) is 24.5 Å². The summed E-state index contributed by atoms with van der Waals surface area (Å²) in [5, 5.41) is 0.582. The molecule has 2 heterocycles. The predicted octanol–water partition coefficient (Wildman–Crippen LogP) is 0.0814. The van der Waals surface area contributed by atoms with E-state index in [1.807, 2.05) is 0 Å². The van der Waals surface area contributed by atoms with Gasteiger partial charge in [-0.2, -0.15) is 15.0 Å². The van der Waals surface area contributed by atoms with E-state index in [0.717, 1.165) is 5.75 Å². The van der Waals surface area contributed by atoms with E-state index in [2.05, 4.69) is 25.4 Å². The van der Waals surface area contributed by atoms with Crippen LogP contribution >= 0.6 is 11.8 Å². The molecule has 0 fully saturated rings. The SMILES string of the molecule is COCCSc1nc(NN)nc(-n2ccnc2)n1. The summed E-state index contributed by atoms with van der Waals surface area (Å²) in [5.74, 6) is 6.87. The number of hydrazine groups is 1. The van der Waals surface area contributed by atoms with Crippen molar-refractivity contribution in [1.29, 1.82) is 0 Å². The number of imidazole rings is 1. The van der Waals surface area contributed by atoms with Crippen LogP contribution in [0.1, 0.15) is 0 Å². The summed E-state index contributed by atoms with van der Waals surface area (Å²) in [7, 11) is 1.65. The number of hydrogen-bond donors (Lipinski definition) is 2. The lowest BCUT2D eigenvalue weighted by Crippen LogP contribution is -2.14. The van der Waals surface area contributed by atoms with Gasteiger partial charge in [-0.05, 0) is 0 Å². The lowest BCUT2D eigenvalue weighted by atomic mass is 10.8. The Morgan fingerprint density at radius 3 is 3.00 bits per heavy atom. The third-order valence-corrected chi connectivity index (χ3v) is 2.80. The van der Waals surface area contributed by atoms with Crippen molar-refractivity contribution >= 4 is 17.7 Å². The number of anilines is 1. The molecule has 0 amide bonds. The molecule has 0 spiro atoms. The van der Waals surface area contributed by atoms with Crippen LogP contribution < -0.4 is 11.3 Å². The van der Waals surface area contributed by atoms with Gasteiger partial charge in [0.15, 0.2) is 5.16 Å². The highest BCUT2D eigenvalue weighted by Gasteiger charge is 2.07. The maximum Gasteiger partial charge on any atom is 0.242 e. The van der Waals surface area contributed by atoms with Crippen LogP contribution in [0.25, 0.3) is 5.95 Å². The number of thioether (sulfide) groups is 1. The molecule has 0 saturated heterocycles. The molecule has 0 bridgehead atoms. The van der Waals surface area contributed by atoms with Crippen LogP contribution in [-0.4, -0.2) is 44.0 Å². The molecule has 0 aromatic carbocycles. The number of nitrogens with two attached hydrogens (primary N) is 1. The van der Waals surface area contributed by atoms with Crippen molar-refractivity contribution in [2.45, 2.75) is 5.16 Å². The first-order valence-electron chi connectivity index (χ1n) is 5.16. The fourth-order valence-corrected chi connectivity index (χ4v) is 1.91. The van der Waals surface area contributed by atoms with Crippen molar-refractivity contribution in [3.63, 3.8) is 0 Å². The number of aromatic nitrogens is 5. The zero-order valence-electron chi connectivity index (χ0n) is 9.78. The number of methoxy groups -OCH3 is 1. The molecule has 2 rings (SSSR count). The molecular weight excluding hydrogens is 254 g/mol. The van der Waals surface area contributed by atoms with Crippen LogP contribution in [0.5, 0.6) is 0 Å². The maximum absolute atomic E-state index is 5.33. The average Bonchev–Trinajstić information content (AvgIpc) is 2.92. The second-order valence-electron chi connectivity index (χ2n) is 3.20. The van der Waals surface area contributed by atoms with Gasteiger partial charge in [0, 0.05) is 25.3 Å². The molecule has 8 nitrogen and oxygen atoms in total. The number of nitrogens with zero attached hydrogens (tertiary/aromatic N) is 5. The Labute approximate surface area is 108 Å². The van der Waals surface area contributed by atoms with Crippen molar-refractivity contribution in [3.8, 4) is 5.95 Å². The average molecular weight is 267 g/mol. The highest BCUT2D eigenvalue weighted by Crippen LogP contribution is 2.15. The molecule has 0 atom stereocenters. The van der Waals surface area contributed by atoms with E-state index in [-0.39, 0.29) is 0 Å². The second kappa shape index (κ2) is 6.28. The summed E-state index contributed by atoms with van der Waals surface area (Å²) in [5.41, 5.74) is 2.42. The third kappa shape index (κ3) is 3.15. The monoisotopic (exact) mass is 267 g/mol. The quantitative estimate of drug-likeness (QED) is 0.328. The number of ether oxygens (including phenoxy) is 1. The van der Waals surface area contributed by atoms with Gasteiger partial charge in [-0.1, -0.05) is 11.8 Å². The van der Waals surface area contributed by atoms with Crippen LogP contribution in [-0.2, 0) is 4.74 Å². The van der Waals surface area contributed by atoms with Crippen molar-refractivity contribution in [3.05, 3.63) is 18.7 Å². The minimum Gasteiger partial charge on any atom is -0.384 e. The molecule has 0 unspecified atom stereocenters. The van der Waals surface area contributed by atoms with Gasteiger partial charge in [0.05, 0.1) is 6.61 Å². The molecule has 0 aliphatic heterocycles. The van der Waals surface area contributed by atoms with E-state index < -0.39 is 0 Å². The Balaban J connectivity index is 2.22. The summed E-state index contributed by atoms with van der Waals surface area (Å²) in [6, 6.07) is 0. The summed E-state index contributed by atoms with van der Waals surface area (Å²) in [6.45, 7) is 0.627. The first-order valence-corrected chi connectivity index (χ1v) is 6.15. The number of rotatable bonds is 6. The van der Waals surface area contributed by atoms with E-state index in [1.165, 1.54) is 11.8 Å². The zero-order chi connectivity index (χ0) is 12.8. The zero-order valence-corrected chi connectivity index (χ0v) is 10.6. The number of hydrogen-bond acceptors (Lipinski definition) is 8. The van der Waals surface area contributed by atoms with Gasteiger partial charge in [-0.15, -0.1) is 0 Å². The van der Waals surface area contributed by atoms with Gasteiger partial charge in [0.2, 0.25) is 11.9 Å². The largest absolute Gasteiger partial charge is 0.384 e. The summed E-state index contributed by atoms with van der Waals surface area (Å²) in [4.78, 5) is 16.5. The first-order chi connectivity index (χ1) is 8.83. The first kappa shape index (κ1) is 12.7. The molecule has 3 N–H and O–H groups in total. The Hall–Kier alpha value is -1.71. The molecule has 18 heavy (non-hydrogen) atoms. The second-order valence-corrected chi connectivity index (χ2v) is 4.26. The number of nitrogen functional groups attached to an aromatic ring is 1. The van der Waals surface area contributed by atoms with Gasteiger partial charge in [0.1, 0.15) is 6.33 Å². The van der Waals surface area contributed by atoms with Gasteiger partial charge >= 0.3 is 0 Å². The topological polar surface area (TPSA) is 104 Å². The van der Waals surface area contributed by atoms with Crippen LogP contribution in [0.2, 0.25) is 0 Å². The molecule has 0 aliphatic carbocycles. The van der Waals surface area contributed by atoms with E-state index in [1.54, 1.807) is 30.4 Å². The Bertz CT molecular complexity index is 490. The molecule has 2 aromatic rings. The summed E-state index contributed by atoms with van der Waals surface area (Å²) < 4.78 is 6.66. The van der Waals surface area contributed by atoms with Crippen LogP contribution in [0, 0.1) is 0 Å². The van der Waals surface area contributed by atoms with Crippen LogP contribution in [0.15, 0.2) is 23.9 Å². The van der Waals surface area contributed by atoms with E-state index in [9.17, 15) is 0 Å². The maximum atomic E-state index is 5.33. The summed E-state index contributed by atoms with van der Waals surface area (Å²) in [6.07, 6.45) is 5.01. The van der Waals surface area contributed by atoms with E-state index in [0.29, 0.717) is 23.7 Å². The molecule has 9 heteroatoms. The Morgan fingerprint density at radius 1 is 1.44 bits per heavy atom. The molecule has 2 aromatic heterocycles. The normalized spacial score (nSPS) is 10.6. The predicted molar refractivity (Wildman–Crippen MR) is 67.4 cm³/mol. The van der Waals surface area contributed by atoms with Gasteiger partial charge in [-0.3, -0.25) is 9.99 Å². The highest BCUT2D eigenvalue weighted by molar-refractivity contribution is 7.99. The minimum absolute atomic E-state index is 0.314. The van der Waals surface area contributed by atoms with Crippen molar-refractivity contribution in [2.75, 3.05) is 24.9 Å². The van der Waals surface area contributed by atoms with E-state index >= 15 is 0 Å². The van der Waals surface area contributed by atoms with Gasteiger partial charge < -0.3 is 4.74 Å². The number of nitrogens with one attached hydrogen (secondary N) is 1. The minimum atomic E-state index is 0.314.